The average molecular weight is 839 g/mol. The Morgan fingerprint density at radius 2 is 0.946 bits per heavy atom. The van der Waals surface area contributed by atoms with Crippen LogP contribution in [0.1, 0.15) is 79.1 Å². The topological polar surface area (TPSA) is 115 Å². The SMILES string of the molecule is CCCC[C@@]1(CC)CN(c2ccccc2)c2cc(SC)c(O)cc2S(=O)(=O)C1.CCCC[C@]1(CC)CN(c2ccccc2)c2cc(SC)c(O)cc2S(=O)(=O)C1. The summed E-state index contributed by atoms with van der Waals surface area (Å²) in [7, 11) is -7.06. The molecule has 0 fully saturated rings. The number of benzene rings is 4. The van der Waals surface area contributed by atoms with Crippen molar-refractivity contribution < 1.29 is 27.0 Å². The second kappa shape index (κ2) is 18.5. The number of sulfone groups is 2. The molecule has 0 spiro atoms. The molecule has 2 heterocycles. The summed E-state index contributed by atoms with van der Waals surface area (Å²) >= 11 is 2.84. The minimum atomic E-state index is -3.53. The third-order valence-corrected chi connectivity index (χ3v) is 17.0. The van der Waals surface area contributed by atoms with Crippen molar-refractivity contribution in [1.29, 1.82) is 0 Å². The molecule has 4 aromatic rings. The number of hydrogen-bond donors (Lipinski definition) is 2. The van der Waals surface area contributed by atoms with E-state index in [-0.39, 0.29) is 43.6 Å². The van der Waals surface area contributed by atoms with Crippen molar-refractivity contribution >= 4 is 65.9 Å². The van der Waals surface area contributed by atoms with Crippen LogP contribution in [0.4, 0.5) is 22.7 Å². The molecule has 0 bridgehead atoms. The number of para-hydroxylation sites is 2. The highest BCUT2D eigenvalue weighted by Crippen LogP contribution is 2.48. The number of anilines is 4. The predicted octanol–water partition coefficient (Wildman–Crippen LogP) is 11.3. The molecular formula is C44H58N2O6S4. The van der Waals surface area contributed by atoms with Crippen LogP contribution >= 0.6 is 23.5 Å². The van der Waals surface area contributed by atoms with E-state index in [9.17, 15) is 27.0 Å². The summed E-state index contributed by atoms with van der Waals surface area (Å²) in [5, 5.41) is 20.7. The minimum Gasteiger partial charge on any atom is -0.507 e. The first-order valence-corrected chi connectivity index (χ1v) is 25.4. The van der Waals surface area contributed by atoms with Crippen molar-refractivity contribution in [2.75, 3.05) is 46.9 Å². The molecule has 304 valence electrons. The van der Waals surface area contributed by atoms with Crippen LogP contribution in [0, 0.1) is 10.8 Å². The molecule has 0 radical (unpaired) electrons. The van der Waals surface area contributed by atoms with Crippen molar-refractivity contribution in [1.82, 2.24) is 0 Å². The Morgan fingerprint density at radius 3 is 1.25 bits per heavy atom. The maximum atomic E-state index is 13.4. The number of hydrogen-bond acceptors (Lipinski definition) is 10. The first-order valence-electron chi connectivity index (χ1n) is 19.6. The lowest BCUT2D eigenvalue weighted by molar-refractivity contribution is 0.290. The number of unbranched alkanes of at least 4 members (excludes halogenated alkanes) is 2. The smallest absolute Gasteiger partial charge is 0.181 e. The summed E-state index contributed by atoms with van der Waals surface area (Å²) in [6.45, 7) is 9.77. The van der Waals surface area contributed by atoms with Crippen LogP contribution in [-0.4, -0.2) is 64.2 Å². The van der Waals surface area contributed by atoms with E-state index in [2.05, 4.69) is 37.5 Å². The highest BCUT2D eigenvalue weighted by atomic mass is 32.2. The lowest BCUT2D eigenvalue weighted by atomic mass is 9.81. The van der Waals surface area contributed by atoms with E-state index in [1.165, 1.54) is 35.7 Å². The standard InChI is InChI=1S/2C22H29NO3S2/c2*1-4-6-12-22(5-2)15-23(17-10-8-7-9-11-17)18-13-20(27-3)19(24)14-21(18)28(25,26)16-22/h2*7-11,13-14,24H,4-6,12,15-16H2,1-3H3/t2*22-/m10/s1. The molecule has 0 saturated carbocycles. The second-order valence-corrected chi connectivity index (χ2v) is 20.9. The van der Waals surface area contributed by atoms with Gasteiger partial charge < -0.3 is 20.0 Å². The molecule has 6 rings (SSSR count). The van der Waals surface area contributed by atoms with Crippen molar-refractivity contribution in [3.63, 3.8) is 0 Å². The summed E-state index contributed by atoms with van der Waals surface area (Å²) in [4.78, 5) is 6.12. The van der Waals surface area contributed by atoms with E-state index in [0.717, 1.165) is 62.7 Å². The summed E-state index contributed by atoms with van der Waals surface area (Å²) in [5.74, 6) is 0.288. The predicted molar refractivity (Wildman–Crippen MR) is 235 cm³/mol. The van der Waals surface area contributed by atoms with Crippen molar-refractivity contribution in [2.24, 2.45) is 10.8 Å². The first kappa shape index (κ1) is 43.8. The Hall–Kier alpha value is -3.32. The lowest BCUT2D eigenvalue weighted by Gasteiger charge is -2.36. The monoisotopic (exact) mass is 838 g/mol. The molecule has 2 N–H and O–H groups in total. The van der Waals surface area contributed by atoms with Crippen LogP contribution in [-0.2, 0) is 19.7 Å². The number of aromatic hydroxyl groups is 2. The number of phenolic OH excluding ortho intramolecular Hbond substituents is 2. The van der Waals surface area contributed by atoms with E-state index in [4.69, 9.17) is 0 Å². The van der Waals surface area contributed by atoms with Crippen LogP contribution in [0.25, 0.3) is 0 Å². The average Bonchev–Trinajstić information content (AvgIpc) is 3.36. The van der Waals surface area contributed by atoms with E-state index in [1.807, 2.05) is 85.3 Å². The number of thioether (sulfide) groups is 2. The fourth-order valence-corrected chi connectivity index (χ4v) is 13.4. The molecule has 2 aliphatic rings. The third kappa shape index (κ3) is 9.51. The van der Waals surface area contributed by atoms with Crippen LogP contribution in [0.2, 0.25) is 0 Å². The Kier molecular flexibility index (Phi) is 14.5. The molecule has 8 nitrogen and oxygen atoms in total. The third-order valence-electron chi connectivity index (χ3n) is 11.5. The van der Waals surface area contributed by atoms with Crippen molar-refractivity contribution in [3.05, 3.63) is 84.9 Å². The fourth-order valence-electron chi connectivity index (χ4n) is 8.08. The van der Waals surface area contributed by atoms with Gasteiger partial charge in [-0.05, 0) is 74.6 Å². The first-order chi connectivity index (χ1) is 26.7. The van der Waals surface area contributed by atoms with E-state index in [0.29, 0.717) is 34.3 Å². The number of phenols is 2. The van der Waals surface area contributed by atoms with Gasteiger partial charge in [-0.1, -0.05) is 89.8 Å². The van der Waals surface area contributed by atoms with Crippen LogP contribution in [0.5, 0.6) is 11.5 Å². The highest BCUT2D eigenvalue weighted by Gasteiger charge is 2.43. The maximum Gasteiger partial charge on any atom is 0.181 e. The molecule has 2 atom stereocenters. The summed E-state index contributed by atoms with van der Waals surface area (Å²) in [6.07, 6.45) is 11.2. The summed E-state index contributed by atoms with van der Waals surface area (Å²) < 4.78 is 53.7. The van der Waals surface area contributed by atoms with Gasteiger partial charge in [-0.2, -0.15) is 0 Å². The van der Waals surface area contributed by atoms with Gasteiger partial charge in [0.1, 0.15) is 11.5 Å². The Morgan fingerprint density at radius 1 is 0.589 bits per heavy atom. The minimum absolute atomic E-state index is 0.0281. The van der Waals surface area contributed by atoms with E-state index in [1.54, 1.807) is 0 Å². The number of rotatable bonds is 12. The largest absolute Gasteiger partial charge is 0.507 e. The van der Waals surface area contributed by atoms with Gasteiger partial charge >= 0.3 is 0 Å². The molecule has 4 aromatic carbocycles. The molecule has 12 heteroatoms. The van der Waals surface area contributed by atoms with Gasteiger partial charge in [0.25, 0.3) is 0 Å². The zero-order valence-corrected chi connectivity index (χ0v) is 36.9. The molecule has 0 aliphatic carbocycles. The highest BCUT2D eigenvalue weighted by molar-refractivity contribution is 7.99. The Balaban J connectivity index is 0.000000214. The van der Waals surface area contributed by atoms with Gasteiger partial charge in [0, 0.05) is 47.4 Å². The normalized spacial score (nSPS) is 21.2. The van der Waals surface area contributed by atoms with E-state index >= 15 is 0 Å². The molecule has 0 aromatic heterocycles. The number of fused-ring (bicyclic) bond motifs is 2. The molecular weight excluding hydrogens is 781 g/mol. The number of nitrogens with zero attached hydrogens (tertiary/aromatic N) is 2. The van der Waals surface area contributed by atoms with E-state index < -0.39 is 19.7 Å². The molecule has 0 saturated heterocycles. The van der Waals surface area contributed by atoms with Gasteiger partial charge in [-0.15, -0.1) is 23.5 Å². The maximum absolute atomic E-state index is 13.4. The van der Waals surface area contributed by atoms with Crippen LogP contribution < -0.4 is 9.80 Å². The zero-order chi connectivity index (χ0) is 40.7. The van der Waals surface area contributed by atoms with Gasteiger partial charge in [0.15, 0.2) is 19.7 Å². The Labute approximate surface area is 344 Å². The second-order valence-electron chi connectivity index (χ2n) is 15.3. The zero-order valence-electron chi connectivity index (χ0n) is 33.6. The van der Waals surface area contributed by atoms with Crippen LogP contribution in [0.15, 0.2) is 105 Å². The molecule has 2 aliphatic heterocycles. The van der Waals surface area contributed by atoms with Gasteiger partial charge in [-0.25, -0.2) is 16.8 Å². The van der Waals surface area contributed by atoms with Gasteiger partial charge in [0.05, 0.1) is 42.5 Å². The summed E-state index contributed by atoms with van der Waals surface area (Å²) in [6, 6.07) is 26.5. The molecule has 0 unspecified atom stereocenters. The van der Waals surface area contributed by atoms with Crippen LogP contribution in [0.3, 0.4) is 0 Å². The quantitative estimate of drug-likeness (QED) is 0.134. The Bertz CT molecular complexity index is 2010. The molecule has 0 amide bonds. The fraction of sp³-hybridized carbons (Fsp3) is 0.455. The summed E-state index contributed by atoms with van der Waals surface area (Å²) in [5.41, 5.74) is 2.65. The van der Waals surface area contributed by atoms with Crippen molar-refractivity contribution in [3.8, 4) is 11.5 Å². The van der Waals surface area contributed by atoms with Gasteiger partial charge in [0.2, 0.25) is 0 Å². The molecule has 56 heavy (non-hydrogen) atoms. The van der Waals surface area contributed by atoms with Crippen molar-refractivity contribution in [2.45, 2.75) is 98.6 Å². The van der Waals surface area contributed by atoms with Gasteiger partial charge in [-0.3, -0.25) is 0 Å². The lowest BCUT2D eigenvalue weighted by Crippen LogP contribution is -2.37.